The van der Waals surface area contributed by atoms with Gasteiger partial charge in [-0.25, -0.2) is 4.39 Å². The molecule has 3 aromatic rings. The van der Waals surface area contributed by atoms with Crippen LogP contribution >= 0.6 is 46.0 Å². The Labute approximate surface area is 209 Å². The maximum Gasteiger partial charge on any atom is 0.238 e. The van der Waals surface area contributed by atoms with Crippen LogP contribution in [0, 0.1) is 9.39 Å². The molecule has 1 aliphatic heterocycles. The summed E-state index contributed by atoms with van der Waals surface area (Å²) in [5.74, 6) is 1.42. The van der Waals surface area contributed by atoms with Gasteiger partial charge in [0.25, 0.3) is 0 Å². The minimum absolute atomic E-state index is 0.0481. The van der Waals surface area contributed by atoms with Gasteiger partial charge in [-0.1, -0.05) is 23.7 Å². The van der Waals surface area contributed by atoms with E-state index < -0.39 is 0 Å². The van der Waals surface area contributed by atoms with E-state index in [1.807, 2.05) is 31.2 Å². The number of hydrogen-bond acceptors (Lipinski definition) is 4. The molecule has 0 saturated carbocycles. The first kappa shape index (κ1) is 23.2. The highest BCUT2D eigenvalue weighted by Gasteiger charge is 2.35. The fourth-order valence-electron chi connectivity index (χ4n) is 3.42. The van der Waals surface area contributed by atoms with Crippen LogP contribution in [-0.2, 0) is 11.4 Å². The van der Waals surface area contributed by atoms with Crippen molar-refractivity contribution in [2.75, 3.05) is 17.3 Å². The molecule has 1 fully saturated rings. The molecule has 0 N–H and O–H groups in total. The minimum Gasteiger partial charge on any atom is -0.490 e. The molecule has 166 valence electrons. The van der Waals surface area contributed by atoms with Crippen molar-refractivity contribution in [3.05, 3.63) is 86.2 Å². The van der Waals surface area contributed by atoms with Gasteiger partial charge in [0.05, 0.1) is 15.9 Å². The monoisotopic (exact) mass is 583 g/mol. The first-order valence-electron chi connectivity index (χ1n) is 9.99. The van der Waals surface area contributed by atoms with Crippen molar-refractivity contribution in [3.8, 4) is 11.5 Å². The maximum absolute atomic E-state index is 13.2. The predicted molar refractivity (Wildman–Crippen MR) is 135 cm³/mol. The lowest BCUT2D eigenvalue weighted by atomic mass is 10.1. The van der Waals surface area contributed by atoms with E-state index in [4.69, 9.17) is 21.1 Å². The Balaban J connectivity index is 1.63. The molecule has 32 heavy (non-hydrogen) atoms. The standard InChI is InChI=1S/C24H20ClFINO3S/c1-2-30-21-12-16(11-20(27)23(21)31-13-15-3-7-18(26)8-4-15)24-28(22(29)14-32-24)19-9-5-17(25)6-10-19/h3-12,24H,2,13-14H2,1H3/t24-/m1/s1. The highest BCUT2D eigenvalue weighted by molar-refractivity contribution is 14.1. The van der Waals surface area contributed by atoms with Crippen LogP contribution in [0.15, 0.2) is 60.7 Å². The highest BCUT2D eigenvalue weighted by atomic mass is 127. The van der Waals surface area contributed by atoms with Gasteiger partial charge in [-0.15, -0.1) is 11.8 Å². The molecule has 8 heteroatoms. The minimum atomic E-state index is -0.281. The van der Waals surface area contributed by atoms with Gasteiger partial charge >= 0.3 is 0 Å². The molecule has 0 aromatic heterocycles. The number of ether oxygens (including phenoxy) is 2. The molecule has 1 heterocycles. The number of rotatable bonds is 7. The molecule has 3 aromatic carbocycles. The summed E-state index contributed by atoms with van der Waals surface area (Å²) in [6.45, 7) is 2.69. The summed E-state index contributed by atoms with van der Waals surface area (Å²) in [7, 11) is 0. The van der Waals surface area contributed by atoms with E-state index >= 15 is 0 Å². The third-order valence-electron chi connectivity index (χ3n) is 4.89. The summed E-state index contributed by atoms with van der Waals surface area (Å²) in [5, 5.41) is 0.447. The van der Waals surface area contributed by atoms with Gasteiger partial charge in [-0.05, 0) is 89.2 Å². The van der Waals surface area contributed by atoms with Crippen molar-refractivity contribution >= 4 is 57.5 Å². The number of thioether (sulfide) groups is 1. The van der Waals surface area contributed by atoms with E-state index in [0.717, 1.165) is 20.4 Å². The Bertz CT molecular complexity index is 1110. The van der Waals surface area contributed by atoms with E-state index in [2.05, 4.69) is 22.6 Å². The van der Waals surface area contributed by atoms with Crippen molar-refractivity contribution in [3.63, 3.8) is 0 Å². The number of carbonyl (C=O) groups is 1. The Hall–Kier alpha value is -1.97. The molecular formula is C24H20ClFINO3S. The van der Waals surface area contributed by atoms with E-state index in [-0.39, 0.29) is 17.1 Å². The number of halogens is 3. The molecule has 0 unspecified atom stereocenters. The third-order valence-corrected chi connectivity index (χ3v) is 7.15. The average Bonchev–Trinajstić information content (AvgIpc) is 3.16. The van der Waals surface area contributed by atoms with E-state index in [1.54, 1.807) is 40.9 Å². The van der Waals surface area contributed by atoms with Gasteiger partial charge in [-0.2, -0.15) is 0 Å². The summed E-state index contributed by atoms with van der Waals surface area (Å²) in [6.07, 6.45) is 0. The lowest BCUT2D eigenvalue weighted by molar-refractivity contribution is -0.115. The molecule has 4 nitrogen and oxygen atoms in total. The molecule has 1 aliphatic rings. The van der Waals surface area contributed by atoms with E-state index in [0.29, 0.717) is 35.5 Å². The SMILES string of the molecule is CCOc1cc([C@H]2SCC(=O)N2c2ccc(Cl)cc2)cc(I)c1OCc1ccc(F)cc1. The van der Waals surface area contributed by atoms with Crippen molar-refractivity contribution < 1.29 is 18.7 Å². The van der Waals surface area contributed by atoms with Crippen LogP contribution in [0.2, 0.25) is 5.02 Å². The number of anilines is 1. The molecule has 0 radical (unpaired) electrons. The highest BCUT2D eigenvalue weighted by Crippen LogP contribution is 2.45. The largest absolute Gasteiger partial charge is 0.490 e. The van der Waals surface area contributed by atoms with Crippen molar-refractivity contribution in [1.29, 1.82) is 0 Å². The second-order valence-corrected chi connectivity index (χ2v) is 9.75. The fraction of sp³-hybridized carbons (Fsp3) is 0.208. The molecule has 4 rings (SSSR count). The molecule has 0 aliphatic carbocycles. The number of carbonyl (C=O) groups excluding carboxylic acids is 1. The average molecular weight is 584 g/mol. The fourth-order valence-corrected chi connectivity index (χ4v) is 5.48. The number of benzene rings is 3. The van der Waals surface area contributed by atoms with Gasteiger partial charge in [0.1, 0.15) is 17.8 Å². The first-order chi connectivity index (χ1) is 15.5. The van der Waals surface area contributed by atoms with Gasteiger partial charge < -0.3 is 9.47 Å². The molecule has 1 atom stereocenters. The lowest BCUT2D eigenvalue weighted by Gasteiger charge is -2.25. The van der Waals surface area contributed by atoms with Crippen LogP contribution in [0.5, 0.6) is 11.5 Å². The summed E-state index contributed by atoms with van der Waals surface area (Å²) in [4.78, 5) is 14.5. The zero-order chi connectivity index (χ0) is 22.7. The van der Waals surface area contributed by atoms with Gasteiger partial charge in [0.15, 0.2) is 11.5 Å². The van der Waals surface area contributed by atoms with Crippen molar-refractivity contribution in [1.82, 2.24) is 0 Å². The van der Waals surface area contributed by atoms with Crippen molar-refractivity contribution in [2.24, 2.45) is 0 Å². The number of amides is 1. The summed E-state index contributed by atoms with van der Waals surface area (Å²) < 4.78 is 26.0. The van der Waals surface area contributed by atoms with Gasteiger partial charge in [0.2, 0.25) is 5.91 Å². The third kappa shape index (κ3) is 5.15. The van der Waals surface area contributed by atoms with Crippen LogP contribution in [0.25, 0.3) is 0 Å². The first-order valence-corrected chi connectivity index (χ1v) is 12.5. The molecule has 0 bridgehead atoms. The maximum atomic E-state index is 13.2. The van der Waals surface area contributed by atoms with Gasteiger partial charge in [0, 0.05) is 10.7 Å². The van der Waals surface area contributed by atoms with Crippen LogP contribution in [0.1, 0.15) is 23.4 Å². The second kappa shape index (κ2) is 10.3. The Kier molecular flexibility index (Phi) is 7.48. The topological polar surface area (TPSA) is 38.8 Å². The van der Waals surface area contributed by atoms with Crippen LogP contribution < -0.4 is 14.4 Å². The normalized spacial score (nSPS) is 15.8. The quantitative estimate of drug-likeness (QED) is 0.286. The smallest absolute Gasteiger partial charge is 0.238 e. The summed E-state index contributed by atoms with van der Waals surface area (Å²) in [6, 6.07) is 17.4. The van der Waals surface area contributed by atoms with Crippen LogP contribution in [-0.4, -0.2) is 18.3 Å². The zero-order valence-corrected chi connectivity index (χ0v) is 20.9. The zero-order valence-electron chi connectivity index (χ0n) is 17.2. The van der Waals surface area contributed by atoms with Gasteiger partial charge in [-0.3, -0.25) is 9.69 Å². The Morgan fingerprint density at radius 3 is 2.53 bits per heavy atom. The van der Waals surface area contributed by atoms with E-state index in [1.165, 1.54) is 12.1 Å². The Morgan fingerprint density at radius 1 is 1.12 bits per heavy atom. The second-order valence-electron chi connectivity index (χ2n) is 7.08. The number of nitrogens with zero attached hydrogens (tertiary/aromatic N) is 1. The summed E-state index contributed by atoms with van der Waals surface area (Å²) >= 11 is 9.82. The molecule has 0 spiro atoms. The molecule has 1 amide bonds. The summed E-state index contributed by atoms with van der Waals surface area (Å²) in [5.41, 5.74) is 2.62. The van der Waals surface area contributed by atoms with Crippen molar-refractivity contribution in [2.45, 2.75) is 18.9 Å². The molecule has 1 saturated heterocycles. The van der Waals surface area contributed by atoms with E-state index in [9.17, 15) is 9.18 Å². The number of hydrogen-bond donors (Lipinski definition) is 0. The van der Waals surface area contributed by atoms with Crippen LogP contribution in [0.4, 0.5) is 10.1 Å². The predicted octanol–water partition coefficient (Wildman–Crippen LogP) is 6.84. The Morgan fingerprint density at radius 2 is 1.84 bits per heavy atom. The molecular weight excluding hydrogens is 564 g/mol. The van der Waals surface area contributed by atoms with Crippen LogP contribution in [0.3, 0.4) is 0 Å². The lowest BCUT2D eigenvalue weighted by Crippen LogP contribution is -2.27.